The van der Waals surface area contributed by atoms with Gasteiger partial charge in [-0.25, -0.2) is 8.42 Å². The number of sulfonamides is 1. The van der Waals surface area contributed by atoms with Crippen LogP contribution >= 0.6 is 15.9 Å². The quantitative estimate of drug-likeness (QED) is 0.309. The molecular formula is C30H36BrN3O4S. The molecule has 0 spiro atoms. The Labute approximate surface area is 240 Å². The van der Waals surface area contributed by atoms with Crippen molar-refractivity contribution in [2.24, 2.45) is 0 Å². The Hall–Kier alpha value is -3.17. The summed E-state index contributed by atoms with van der Waals surface area (Å²) in [6.07, 6.45) is 2.10. The second-order valence-corrected chi connectivity index (χ2v) is 12.6. The number of hydrogen-bond donors (Lipinski definition) is 1. The molecule has 3 rings (SSSR count). The van der Waals surface area contributed by atoms with Gasteiger partial charge in [0, 0.05) is 23.5 Å². The Morgan fingerprint density at radius 2 is 1.62 bits per heavy atom. The predicted octanol–water partition coefficient (Wildman–Crippen LogP) is 5.08. The number of carbonyl (C=O) groups excluding carboxylic acids is 2. The molecule has 3 aromatic rings. The minimum Gasteiger partial charge on any atom is -0.352 e. The van der Waals surface area contributed by atoms with Gasteiger partial charge < -0.3 is 10.2 Å². The van der Waals surface area contributed by atoms with Gasteiger partial charge in [-0.2, -0.15) is 0 Å². The van der Waals surface area contributed by atoms with Crippen molar-refractivity contribution in [3.05, 3.63) is 100 Å². The maximum atomic E-state index is 14.1. The number of carbonyl (C=O) groups is 2. The molecule has 0 aliphatic rings. The monoisotopic (exact) mass is 613 g/mol. The third-order valence-corrected chi connectivity index (χ3v) is 8.12. The summed E-state index contributed by atoms with van der Waals surface area (Å²) in [4.78, 5) is 29.3. The molecule has 0 fully saturated rings. The van der Waals surface area contributed by atoms with Crippen LogP contribution in [-0.2, 0) is 32.6 Å². The van der Waals surface area contributed by atoms with Crippen molar-refractivity contribution < 1.29 is 18.0 Å². The van der Waals surface area contributed by atoms with Crippen LogP contribution in [0.3, 0.4) is 0 Å². The van der Waals surface area contributed by atoms with E-state index < -0.39 is 28.5 Å². The molecule has 2 atom stereocenters. The number of nitrogens with zero attached hydrogens (tertiary/aromatic N) is 2. The standard InChI is InChI=1S/C30H36BrN3O4S/c1-5-23(3)32-30(36)28(18-24-12-7-6-8-13-24)33(20-25-14-9-11-22(2)17-25)29(35)21-34(39(4,37)38)27-16-10-15-26(31)19-27/h6-17,19,23,28H,5,18,20-21H2,1-4H3,(H,32,36)/t23-,28+/m0/s1. The van der Waals surface area contributed by atoms with E-state index in [-0.39, 0.29) is 24.9 Å². The predicted molar refractivity (Wildman–Crippen MR) is 160 cm³/mol. The maximum absolute atomic E-state index is 14.1. The molecule has 0 saturated heterocycles. The summed E-state index contributed by atoms with van der Waals surface area (Å²) >= 11 is 3.38. The van der Waals surface area contributed by atoms with Crippen LogP contribution in [0.1, 0.15) is 37.0 Å². The van der Waals surface area contributed by atoms with Crippen LogP contribution in [0.5, 0.6) is 0 Å². The molecule has 0 heterocycles. The molecule has 0 radical (unpaired) electrons. The van der Waals surface area contributed by atoms with Gasteiger partial charge in [-0.3, -0.25) is 13.9 Å². The first-order chi connectivity index (χ1) is 18.5. The number of benzene rings is 3. The van der Waals surface area contributed by atoms with Gasteiger partial charge in [0.1, 0.15) is 12.6 Å². The molecule has 0 aliphatic heterocycles. The highest BCUT2D eigenvalue weighted by molar-refractivity contribution is 9.10. The molecule has 0 bridgehead atoms. The molecular weight excluding hydrogens is 578 g/mol. The van der Waals surface area contributed by atoms with Crippen LogP contribution in [-0.4, -0.2) is 50.0 Å². The minimum absolute atomic E-state index is 0.0825. The number of hydrogen-bond acceptors (Lipinski definition) is 4. The first-order valence-corrected chi connectivity index (χ1v) is 15.5. The number of nitrogens with one attached hydrogen (secondary N) is 1. The summed E-state index contributed by atoms with van der Waals surface area (Å²) in [6, 6.07) is 23.1. The highest BCUT2D eigenvalue weighted by Crippen LogP contribution is 2.23. The van der Waals surface area contributed by atoms with Crippen LogP contribution in [0.15, 0.2) is 83.3 Å². The van der Waals surface area contributed by atoms with Gasteiger partial charge in [-0.15, -0.1) is 0 Å². The molecule has 208 valence electrons. The number of amides is 2. The Morgan fingerprint density at radius 1 is 0.949 bits per heavy atom. The van der Waals surface area contributed by atoms with Gasteiger partial charge in [-0.1, -0.05) is 89.1 Å². The first kappa shape index (κ1) is 30.4. The zero-order valence-corrected chi connectivity index (χ0v) is 25.2. The molecule has 0 aliphatic carbocycles. The lowest BCUT2D eigenvalue weighted by molar-refractivity contribution is -0.140. The summed E-state index contributed by atoms with van der Waals surface area (Å²) in [5, 5.41) is 3.03. The van der Waals surface area contributed by atoms with E-state index in [1.807, 2.05) is 75.4 Å². The normalized spacial score (nSPS) is 12.8. The van der Waals surface area contributed by atoms with E-state index in [1.54, 1.807) is 24.3 Å². The third kappa shape index (κ3) is 8.93. The summed E-state index contributed by atoms with van der Waals surface area (Å²) in [7, 11) is -3.81. The molecule has 9 heteroatoms. The van der Waals surface area contributed by atoms with Gasteiger partial charge in [-0.05, 0) is 49.6 Å². The Balaban J connectivity index is 2.06. The van der Waals surface area contributed by atoms with Gasteiger partial charge in [0.25, 0.3) is 0 Å². The molecule has 0 saturated carbocycles. The van der Waals surface area contributed by atoms with E-state index in [9.17, 15) is 18.0 Å². The van der Waals surface area contributed by atoms with Crippen LogP contribution in [0.25, 0.3) is 0 Å². The second-order valence-electron chi connectivity index (χ2n) is 9.78. The van der Waals surface area contributed by atoms with Crippen LogP contribution in [0.4, 0.5) is 5.69 Å². The van der Waals surface area contributed by atoms with E-state index in [0.29, 0.717) is 10.2 Å². The number of aryl methyl sites for hydroxylation is 1. The average molecular weight is 615 g/mol. The van der Waals surface area contributed by atoms with Crippen molar-refractivity contribution in [1.29, 1.82) is 0 Å². The topological polar surface area (TPSA) is 86.8 Å². The Morgan fingerprint density at radius 3 is 2.23 bits per heavy atom. The van der Waals surface area contributed by atoms with E-state index in [4.69, 9.17) is 0 Å². The van der Waals surface area contributed by atoms with E-state index in [2.05, 4.69) is 21.2 Å². The lowest BCUT2D eigenvalue weighted by Gasteiger charge is -2.34. The molecule has 0 aromatic heterocycles. The average Bonchev–Trinajstić information content (AvgIpc) is 2.89. The fourth-order valence-corrected chi connectivity index (χ4v) is 5.48. The molecule has 3 aromatic carbocycles. The van der Waals surface area contributed by atoms with Gasteiger partial charge in [0.05, 0.1) is 11.9 Å². The fourth-order valence-electron chi connectivity index (χ4n) is 4.25. The maximum Gasteiger partial charge on any atom is 0.244 e. The molecule has 2 amide bonds. The van der Waals surface area contributed by atoms with Crippen LogP contribution < -0.4 is 9.62 Å². The lowest BCUT2D eigenvalue weighted by Crippen LogP contribution is -2.54. The van der Waals surface area contributed by atoms with E-state index in [1.165, 1.54) is 4.90 Å². The van der Waals surface area contributed by atoms with Crippen molar-refractivity contribution in [2.75, 3.05) is 17.1 Å². The molecule has 7 nitrogen and oxygen atoms in total. The highest BCUT2D eigenvalue weighted by atomic mass is 79.9. The van der Waals surface area contributed by atoms with Crippen LogP contribution in [0.2, 0.25) is 0 Å². The van der Waals surface area contributed by atoms with Crippen molar-refractivity contribution in [3.63, 3.8) is 0 Å². The van der Waals surface area contributed by atoms with Gasteiger partial charge in [0.2, 0.25) is 21.8 Å². The summed E-state index contributed by atoms with van der Waals surface area (Å²) in [5.74, 6) is -0.746. The molecule has 0 unspecified atom stereocenters. The summed E-state index contributed by atoms with van der Waals surface area (Å²) in [5.41, 5.74) is 3.14. The smallest absolute Gasteiger partial charge is 0.244 e. The number of rotatable bonds is 12. The Bertz CT molecular complexity index is 1380. The molecule has 39 heavy (non-hydrogen) atoms. The largest absolute Gasteiger partial charge is 0.352 e. The first-order valence-electron chi connectivity index (χ1n) is 12.9. The zero-order valence-electron chi connectivity index (χ0n) is 22.8. The fraction of sp³-hybridized carbons (Fsp3) is 0.333. The lowest BCUT2D eigenvalue weighted by atomic mass is 10.0. The molecule has 1 N–H and O–H groups in total. The summed E-state index contributed by atoms with van der Waals surface area (Å²) < 4.78 is 27.5. The van der Waals surface area contributed by atoms with Crippen molar-refractivity contribution in [2.45, 2.75) is 52.2 Å². The van der Waals surface area contributed by atoms with Gasteiger partial charge >= 0.3 is 0 Å². The third-order valence-electron chi connectivity index (χ3n) is 6.48. The second kappa shape index (κ2) is 13.8. The van der Waals surface area contributed by atoms with E-state index in [0.717, 1.165) is 33.7 Å². The van der Waals surface area contributed by atoms with Crippen LogP contribution in [0, 0.1) is 6.92 Å². The number of anilines is 1. The zero-order chi connectivity index (χ0) is 28.6. The van der Waals surface area contributed by atoms with Crippen molar-refractivity contribution in [3.8, 4) is 0 Å². The highest BCUT2D eigenvalue weighted by Gasteiger charge is 2.33. The van der Waals surface area contributed by atoms with Gasteiger partial charge in [0.15, 0.2) is 0 Å². The van der Waals surface area contributed by atoms with E-state index >= 15 is 0 Å². The summed E-state index contributed by atoms with van der Waals surface area (Å²) in [6.45, 7) is 5.58. The minimum atomic E-state index is -3.81. The number of halogens is 1. The Kier molecular flexibility index (Phi) is 10.7. The van der Waals surface area contributed by atoms with Crippen molar-refractivity contribution >= 4 is 43.5 Å². The van der Waals surface area contributed by atoms with Crippen molar-refractivity contribution in [1.82, 2.24) is 10.2 Å². The SMILES string of the molecule is CC[C@H](C)NC(=O)[C@@H](Cc1ccccc1)N(Cc1cccc(C)c1)C(=O)CN(c1cccc(Br)c1)S(C)(=O)=O.